The summed E-state index contributed by atoms with van der Waals surface area (Å²) < 4.78 is 0. The highest BCUT2D eigenvalue weighted by Gasteiger charge is 2.42. The summed E-state index contributed by atoms with van der Waals surface area (Å²) in [5.41, 5.74) is 4.99. The maximum absolute atomic E-state index is 3.78. The number of nitrogens with one attached hydrogen (secondary N) is 1. The predicted octanol–water partition coefficient (Wildman–Crippen LogP) is 4.01. The average Bonchev–Trinajstić information content (AvgIpc) is 3.25. The molecular weight excluding hydrogens is 230 g/mol. The van der Waals surface area contributed by atoms with Crippen LogP contribution in [-0.2, 0) is 6.42 Å². The molecule has 2 fully saturated rings. The highest BCUT2D eigenvalue weighted by Crippen LogP contribution is 2.48. The second-order valence-electron chi connectivity index (χ2n) is 7.13. The Balaban J connectivity index is 1.76. The number of aryl methyl sites for hydroxylation is 2. The van der Waals surface area contributed by atoms with Crippen LogP contribution in [0.25, 0.3) is 0 Å². The molecule has 0 aromatic heterocycles. The van der Waals surface area contributed by atoms with Crippen LogP contribution in [-0.4, -0.2) is 12.6 Å². The third-order valence-electron chi connectivity index (χ3n) is 5.16. The van der Waals surface area contributed by atoms with E-state index in [1.54, 1.807) is 5.56 Å². The van der Waals surface area contributed by atoms with E-state index in [-0.39, 0.29) is 0 Å². The van der Waals surface area contributed by atoms with Gasteiger partial charge < -0.3 is 5.32 Å². The summed E-state index contributed by atoms with van der Waals surface area (Å²) in [6, 6.07) is 7.55. The third-order valence-corrected chi connectivity index (χ3v) is 5.16. The topological polar surface area (TPSA) is 12.0 Å². The van der Waals surface area contributed by atoms with Crippen LogP contribution >= 0.6 is 0 Å². The van der Waals surface area contributed by atoms with Crippen LogP contribution in [0.2, 0.25) is 0 Å². The molecule has 0 radical (unpaired) electrons. The second kappa shape index (κ2) is 4.94. The standard InChI is InChI=1S/C18H27N/c1-13-5-4-6-14(2)17(13)11-18(3,15-7-8-15)12-19-16-9-10-16/h4-6,15-16,19H,7-12H2,1-3H3. The largest absolute Gasteiger partial charge is 0.313 e. The molecule has 3 rings (SSSR count). The average molecular weight is 257 g/mol. The zero-order valence-corrected chi connectivity index (χ0v) is 12.6. The Labute approximate surface area is 117 Å². The van der Waals surface area contributed by atoms with Crippen molar-refractivity contribution in [2.45, 2.75) is 58.9 Å². The fourth-order valence-electron chi connectivity index (χ4n) is 3.33. The van der Waals surface area contributed by atoms with Gasteiger partial charge >= 0.3 is 0 Å². The van der Waals surface area contributed by atoms with Crippen molar-refractivity contribution in [1.29, 1.82) is 0 Å². The molecule has 19 heavy (non-hydrogen) atoms. The molecule has 0 aliphatic heterocycles. The lowest BCUT2D eigenvalue weighted by Crippen LogP contribution is -2.37. The molecule has 0 bridgehead atoms. The first-order valence-corrected chi connectivity index (χ1v) is 7.87. The summed E-state index contributed by atoms with van der Waals surface area (Å²) in [5.74, 6) is 0.942. The molecule has 2 aliphatic carbocycles. The van der Waals surface area contributed by atoms with E-state index in [0.717, 1.165) is 12.0 Å². The molecule has 0 amide bonds. The van der Waals surface area contributed by atoms with Gasteiger partial charge in [-0.3, -0.25) is 0 Å². The van der Waals surface area contributed by atoms with Crippen molar-refractivity contribution in [2.75, 3.05) is 6.54 Å². The van der Waals surface area contributed by atoms with Gasteiger partial charge in [-0.15, -0.1) is 0 Å². The van der Waals surface area contributed by atoms with E-state index < -0.39 is 0 Å². The Hall–Kier alpha value is -0.820. The number of hydrogen-bond acceptors (Lipinski definition) is 1. The van der Waals surface area contributed by atoms with Crippen LogP contribution in [0.1, 0.15) is 49.3 Å². The van der Waals surface area contributed by atoms with Gasteiger partial charge in [0.15, 0.2) is 0 Å². The van der Waals surface area contributed by atoms with Crippen molar-refractivity contribution >= 4 is 0 Å². The smallest absolute Gasteiger partial charge is 0.00684 e. The van der Waals surface area contributed by atoms with Gasteiger partial charge in [-0.05, 0) is 74.0 Å². The summed E-state index contributed by atoms with van der Waals surface area (Å²) in [5, 5.41) is 3.78. The highest BCUT2D eigenvalue weighted by molar-refractivity contribution is 5.34. The zero-order chi connectivity index (χ0) is 13.5. The van der Waals surface area contributed by atoms with Crippen molar-refractivity contribution in [2.24, 2.45) is 11.3 Å². The van der Waals surface area contributed by atoms with Gasteiger partial charge in [0.05, 0.1) is 0 Å². The van der Waals surface area contributed by atoms with Crippen LogP contribution in [0, 0.1) is 25.2 Å². The SMILES string of the molecule is Cc1cccc(C)c1CC(C)(CNC1CC1)C1CC1. The Bertz CT molecular complexity index is 437. The fraction of sp³-hybridized carbons (Fsp3) is 0.667. The lowest BCUT2D eigenvalue weighted by Gasteiger charge is -2.32. The van der Waals surface area contributed by atoms with E-state index in [1.165, 1.54) is 49.8 Å². The van der Waals surface area contributed by atoms with E-state index in [1.807, 2.05) is 0 Å². The first-order valence-electron chi connectivity index (χ1n) is 7.87. The van der Waals surface area contributed by atoms with Gasteiger partial charge in [-0.1, -0.05) is 25.1 Å². The molecule has 1 N–H and O–H groups in total. The lowest BCUT2D eigenvalue weighted by atomic mass is 9.77. The zero-order valence-electron chi connectivity index (χ0n) is 12.6. The normalized spacial score (nSPS) is 22.3. The third kappa shape index (κ3) is 3.02. The van der Waals surface area contributed by atoms with Gasteiger partial charge in [0.1, 0.15) is 0 Å². The molecule has 0 heterocycles. The van der Waals surface area contributed by atoms with Crippen molar-refractivity contribution in [3.63, 3.8) is 0 Å². The lowest BCUT2D eigenvalue weighted by molar-refractivity contribution is 0.254. The molecule has 2 aliphatic rings. The molecule has 104 valence electrons. The fourth-order valence-corrected chi connectivity index (χ4v) is 3.33. The Morgan fingerprint density at radius 3 is 2.26 bits per heavy atom. The number of rotatable bonds is 6. The molecule has 1 aromatic carbocycles. The van der Waals surface area contributed by atoms with Crippen LogP contribution in [0.3, 0.4) is 0 Å². The molecular formula is C18H27N. The minimum absolute atomic E-state index is 0.458. The van der Waals surface area contributed by atoms with Gasteiger partial charge in [0.25, 0.3) is 0 Å². The van der Waals surface area contributed by atoms with E-state index >= 15 is 0 Å². The number of benzene rings is 1. The predicted molar refractivity (Wildman–Crippen MR) is 81.5 cm³/mol. The molecule has 0 saturated heterocycles. The maximum atomic E-state index is 3.78. The van der Waals surface area contributed by atoms with Crippen molar-refractivity contribution in [3.8, 4) is 0 Å². The van der Waals surface area contributed by atoms with Crippen molar-refractivity contribution in [3.05, 3.63) is 34.9 Å². The highest BCUT2D eigenvalue weighted by atomic mass is 15.0. The quantitative estimate of drug-likeness (QED) is 0.812. The minimum Gasteiger partial charge on any atom is -0.313 e. The summed E-state index contributed by atoms with van der Waals surface area (Å²) >= 11 is 0. The molecule has 1 nitrogen and oxygen atoms in total. The summed E-state index contributed by atoms with van der Waals surface area (Å²) in [6.45, 7) is 8.25. The van der Waals surface area contributed by atoms with E-state index in [4.69, 9.17) is 0 Å². The molecule has 1 atom stereocenters. The van der Waals surface area contributed by atoms with Gasteiger partial charge in [-0.2, -0.15) is 0 Å². The molecule has 0 spiro atoms. The van der Waals surface area contributed by atoms with Crippen LogP contribution in [0.5, 0.6) is 0 Å². The van der Waals surface area contributed by atoms with E-state index in [0.29, 0.717) is 5.41 Å². The van der Waals surface area contributed by atoms with Crippen LogP contribution < -0.4 is 5.32 Å². The monoisotopic (exact) mass is 257 g/mol. The van der Waals surface area contributed by atoms with E-state index in [2.05, 4.69) is 44.3 Å². The molecule has 1 heteroatoms. The summed E-state index contributed by atoms with van der Waals surface area (Å²) in [7, 11) is 0. The van der Waals surface area contributed by atoms with Gasteiger partial charge in [-0.25, -0.2) is 0 Å². The minimum atomic E-state index is 0.458. The van der Waals surface area contributed by atoms with Crippen LogP contribution in [0.4, 0.5) is 0 Å². The first-order chi connectivity index (χ1) is 9.08. The van der Waals surface area contributed by atoms with Crippen molar-refractivity contribution in [1.82, 2.24) is 5.32 Å². The Morgan fingerprint density at radius 2 is 1.74 bits per heavy atom. The summed E-state index contributed by atoms with van der Waals surface area (Å²) in [4.78, 5) is 0. The maximum Gasteiger partial charge on any atom is 0.00684 e. The molecule has 1 aromatic rings. The second-order valence-corrected chi connectivity index (χ2v) is 7.13. The van der Waals surface area contributed by atoms with Crippen molar-refractivity contribution < 1.29 is 0 Å². The Morgan fingerprint density at radius 1 is 1.11 bits per heavy atom. The van der Waals surface area contributed by atoms with Crippen LogP contribution in [0.15, 0.2) is 18.2 Å². The first kappa shape index (κ1) is 13.2. The van der Waals surface area contributed by atoms with Gasteiger partial charge in [0, 0.05) is 12.6 Å². The molecule has 2 saturated carbocycles. The number of hydrogen-bond donors (Lipinski definition) is 1. The summed E-state index contributed by atoms with van der Waals surface area (Å²) in [6.07, 6.45) is 6.91. The Kier molecular flexibility index (Phi) is 3.42. The molecule has 1 unspecified atom stereocenters. The van der Waals surface area contributed by atoms with E-state index in [9.17, 15) is 0 Å². The van der Waals surface area contributed by atoms with Gasteiger partial charge in [0.2, 0.25) is 0 Å².